The Hall–Kier alpha value is -1.97. The van der Waals surface area contributed by atoms with E-state index in [-0.39, 0.29) is 12.3 Å². The second kappa shape index (κ2) is 6.27. The van der Waals surface area contributed by atoms with Crippen LogP contribution in [0, 0.1) is 11.3 Å². The monoisotopic (exact) mass is 292 g/mol. The number of benzene rings is 1. The highest BCUT2D eigenvalue weighted by Crippen LogP contribution is 2.19. The molecule has 19 heavy (non-hydrogen) atoms. The largest absolute Gasteiger partial charge is 0.300 e. The molecular formula is C12H9ClN4OS. The number of nitrogens with one attached hydrogen (secondary N) is 1. The van der Waals surface area contributed by atoms with Crippen LogP contribution in [0.4, 0.5) is 5.13 Å². The van der Waals surface area contributed by atoms with Gasteiger partial charge in [0.1, 0.15) is 11.4 Å². The molecule has 0 spiro atoms. The first kappa shape index (κ1) is 13.5. The van der Waals surface area contributed by atoms with Gasteiger partial charge in [-0.2, -0.15) is 5.26 Å². The summed E-state index contributed by atoms with van der Waals surface area (Å²) in [4.78, 5) is 11.2. The lowest BCUT2D eigenvalue weighted by molar-refractivity contribution is -0.115. The lowest BCUT2D eigenvalue weighted by atomic mass is 10.2. The highest BCUT2D eigenvalue weighted by molar-refractivity contribution is 7.15. The summed E-state index contributed by atoms with van der Waals surface area (Å²) in [5.41, 5.74) is 1.07. The molecule has 0 atom stereocenters. The second-order valence-electron chi connectivity index (χ2n) is 3.69. The van der Waals surface area contributed by atoms with E-state index >= 15 is 0 Å². The number of aromatic nitrogens is 2. The molecule has 0 saturated heterocycles. The van der Waals surface area contributed by atoms with Gasteiger partial charge in [0.25, 0.3) is 0 Å². The molecule has 2 aromatic rings. The number of amides is 1. The van der Waals surface area contributed by atoms with Crippen LogP contribution in [0.15, 0.2) is 24.3 Å². The number of carbonyl (C=O) groups excluding carboxylic acids is 1. The smallest absolute Gasteiger partial charge is 0.240 e. The topological polar surface area (TPSA) is 78.7 Å². The van der Waals surface area contributed by atoms with Crippen LogP contribution in [-0.4, -0.2) is 16.1 Å². The van der Waals surface area contributed by atoms with Gasteiger partial charge in [-0.25, -0.2) is 0 Å². The van der Waals surface area contributed by atoms with Crippen molar-refractivity contribution in [3.8, 4) is 6.07 Å². The maximum Gasteiger partial charge on any atom is 0.240 e. The van der Waals surface area contributed by atoms with Gasteiger partial charge in [-0.3, -0.25) is 10.1 Å². The maximum atomic E-state index is 11.2. The first-order chi connectivity index (χ1) is 9.17. The molecule has 0 aliphatic carbocycles. The Morgan fingerprint density at radius 2 is 2.11 bits per heavy atom. The Morgan fingerprint density at radius 1 is 1.37 bits per heavy atom. The third kappa shape index (κ3) is 4.02. The number of halogens is 1. The van der Waals surface area contributed by atoms with Crippen LogP contribution < -0.4 is 5.32 Å². The highest BCUT2D eigenvalue weighted by atomic mass is 35.5. The first-order valence-electron chi connectivity index (χ1n) is 5.41. The van der Waals surface area contributed by atoms with Crippen molar-refractivity contribution in [2.45, 2.75) is 12.8 Å². The van der Waals surface area contributed by atoms with E-state index in [1.807, 2.05) is 24.3 Å². The lowest BCUT2D eigenvalue weighted by Crippen LogP contribution is -2.09. The molecule has 5 nitrogen and oxygen atoms in total. The van der Waals surface area contributed by atoms with Crippen molar-refractivity contribution in [1.82, 2.24) is 10.2 Å². The summed E-state index contributed by atoms with van der Waals surface area (Å²) in [6.45, 7) is 0. The van der Waals surface area contributed by atoms with Gasteiger partial charge >= 0.3 is 0 Å². The van der Waals surface area contributed by atoms with Crippen LogP contribution in [0.5, 0.6) is 0 Å². The molecule has 1 amide bonds. The fourth-order valence-electron chi connectivity index (χ4n) is 1.39. The van der Waals surface area contributed by atoms with Crippen molar-refractivity contribution in [3.05, 3.63) is 39.9 Å². The number of hydrogen-bond acceptors (Lipinski definition) is 5. The molecule has 1 heterocycles. The second-order valence-corrected chi connectivity index (χ2v) is 5.19. The normalized spacial score (nSPS) is 9.89. The van der Waals surface area contributed by atoms with Crippen molar-refractivity contribution in [2.75, 3.05) is 5.32 Å². The van der Waals surface area contributed by atoms with Gasteiger partial charge in [0.2, 0.25) is 11.0 Å². The van der Waals surface area contributed by atoms with Gasteiger partial charge in [-0.15, -0.1) is 10.2 Å². The summed E-state index contributed by atoms with van der Waals surface area (Å²) in [6.07, 6.45) is 0.440. The predicted molar refractivity (Wildman–Crippen MR) is 73.0 cm³/mol. The van der Waals surface area contributed by atoms with Crippen LogP contribution in [0.3, 0.4) is 0 Å². The molecule has 0 radical (unpaired) electrons. The zero-order valence-electron chi connectivity index (χ0n) is 9.76. The van der Waals surface area contributed by atoms with Crippen molar-refractivity contribution >= 4 is 34.0 Å². The Kier molecular flexibility index (Phi) is 4.44. The third-order valence-corrected chi connectivity index (χ3v) is 3.31. The summed E-state index contributed by atoms with van der Waals surface area (Å²) in [5, 5.41) is 20.6. The van der Waals surface area contributed by atoms with Crippen molar-refractivity contribution in [1.29, 1.82) is 5.26 Å². The van der Waals surface area contributed by atoms with Gasteiger partial charge in [0.15, 0.2) is 0 Å². The van der Waals surface area contributed by atoms with Gasteiger partial charge in [-0.1, -0.05) is 35.1 Å². The molecule has 1 aromatic heterocycles. The summed E-state index contributed by atoms with van der Waals surface area (Å²) < 4.78 is 0. The van der Waals surface area contributed by atoms with Crippen LogP contribution >= 0.6 is 22.9 Å². The molecule has 0 fully saturated rings. The fraction of sp³-hybridized carbons (Fsp3) is 0.167. The SMILES string of the molecule is N#CCC(=O)Nc1nnc(Cc2ccc(Cl)cc2)s1. The van der Waals surface area contributed by atoms with Crippen molar-refractivity contribution in [2.24, 2.45) is 0 Å². The average molecular weight is 293 g/mol. The standard InChI is InChI=1S/C12H9ClN4OS/c13-9-3-1-8(2-4-9)7-11-16-17-12(19-11)15-10(18)5-6-14/h1-4H,5,7H2,(H,15,17,18). The zero-order valence-corrected chi connectivity index (χ0v) is 11.3. The average Bonchev–Trinajstić information content (AvgIpc) is 2.80. The Morgan fingerprint density at radius 3 is 2.79 bits per heavy atom. The number of rotatable bonds is 4. The molecular weight excluding hydrogens is 284 g/mol. The fourth-order valence-corrected chi connectivity index (χ4v) is 2.30. The van der Waals surface area contributed by atoms with Crippen molar-refractivity contribution < 1.29 is 4.79 Å². The predicted octanol–water partition coefficient (Wildman–Crippen LogP) is 2.63. The lowest BCUT2D eigenvalue weighted by Gasteiger charge is -1.97. The highest BCUT2D eigenvalue weighted by Gasteiger charge is 2.08. The van der Waals surface area contributed by atoms with E-state index in [0.717, 1.165) is 10.6 Å². The summed E-state index contributed by atoms with van der Waals surface area (Å²) >= 11 is 7.10. The van der Waals surface area contributed by atoms with Crippen LogP contribution in [0.1, 0.15) is 17.0 Å². The summed E-state index contributed by atoms with van der Waals surface area (Å²) in [5.74, 6) is -0.378. The molecule has 1 N–H and O–H groups in total. The molecule has 0 aliphatic rings. The Labute approximate surface area is 118 Å². The third-order valence-electron chi connectivity index (χ3n) is 2.22. The number of hydrogen-bond donors (Lipinski definition) is 1. The van der Waals surface area contributed by atoms with E-state index < -0.39 is 0 Å². The number of nitriles is 1. The van der Waals surface area contributed by atoms with Crippen LogP contribution in [0.25, 0.3) is 0 Å². The Bertz CT molecular complexity index is 617. The van der Waals surface area contributed by atoms with Gasteiger partial charge in [-0.05, 0) is 17.7 Å². The molecule has 0 aliphatic heterocycles. The molecule has 0 bridgehead atoms. The van der Waals surface area contributed by atoms with Crippen molar-refractivity contribution in [3.63, 3.8) is 0 Å². The minimum atomic E-state index is -0.378. The summed E-state index contributed by atoms with van der Waals surface area (Å²) in [7, 11) is 0. The minimum absolute atomic E-state index is 0.188. The van der Waals surface area contributed by atoms with Gasteiger partial charge < -0.3 is 0 Å². The van der Waals surface area contributed by atoms with Crippen LogP contribution in [-0.2, 0) is 11.2 Å². The maximum absolute atomic E-state index is 11.2. The van der Waals surface area contributed by atoms with E-state index in [2.05, 4.69) is 15.5 Å². The number of nitrogens with zero attached hydrogens (tertiary/aromatic N) is 3. The molecule has 0 unspecified atom stereocenters. The molecule has 96 valence electrons. The van der Waals surface area contributed by atoms with E-state index in [1.54, 1.807) is 6.07 Å². The zero-order chi connectivity index (χ0) is 13.7. The van der Waals surface area contributed by atoms with E-state index in [4.69, 9.17) is 16.9 Å². The summed E-state index contributed by atoms with van der Waals surface area (Å²) in [6, 6.07) is 9.23. The molecule has 0 saturated carbocycles. The number of anilines is 1. The minimum Gasteiger partial charge on any atom is -0.300 e. The quantitative estimate of drug-likeness (QED) is 0.939. The van der Waals surface area contributed by atoms with E-state index in [0.29, 0.717) is 16.6 Å². The number of carbonyl (C=O) groups is 1. The molecule has 2 rings (SSSR count). The molecule has 1 aromatic carbocycles. The van der Waals surface area contributed by atoms with Crippen LogP contribution in [0.2, 0.25) is 5.02 Å². The van der Waals surface area contributed by atoms with Gasteiger partial charge in [0, 0.05) is 11.4 Å². The van der Waals surface area contributed by atoms with E-state index in [9.17, 15) is 4.79 Å². The first-order valence-corrected chi connectivity index (χ1v) is 6.60. The van der Waals surface area contributed by atoms with E-state index in [1.165, 1.54) is 11.3 Å². The Balaban J connectivity index is 1.99. The van der Waals surface area contributed by atoms with Gasteiger partial charge in [0.05, 0.1) is 6.07 Å². The molecule has 7 heteroatoms.